The van der Waals surface area contributed by atoms with Gasteiger partial charge in [0.2, 0.25) is 0 Å². The highest BCUT2D eigenvalue weighted by Gasteiger charge is 2.01. The summed E-state index contributed by atoms with van der Waals surface area (Å²) in [5.41, 5.74) is 4.16. The van der Waals surface area contributed by atoms with E-state index in [0.29, 0.717) is 0 Å². The van der Waals surface area contributed by atoms with E-state index in [-0.39, 0.29) is 0 Å². The van der Waals surface area contributed by atoms with Crippen LogP contribution in [0.2, 0.25) is 0 Å². The molecule has 2 N–H and O–H groups in total. The van der Waals surface area contributed by atoms with E-state index in [2.05, 4.69) is 54.9 Å². The lowest BCUT2D eigenvalue weighted by Crippen LogP contribution is -2.80. The zero-order valence-corrected chi connectivity index (χ0v) is 10.7. The van der Waals surface area contributed by atoms with Gasteiger partial charge in [-0.25, -0.2) is 0 Å². The topological polar surface area (TPSA) is 16.6 Å². The van der Waals surface area contributed by atoms with Gasteiger partial charge in [-0.05, 0) is 30.9 Å². The summed E-state index contributed by atoms with van der Waals surface area (Å²) in [5.74, 6) is 0. The lowest BCUT2D eigenvalue weighted by atomic mass is 10.1. The van der Waals surface area contributed by atoms with Crippen molar-refractivity contribution in [2.75, 3.05) is 0 Å². The van der Waals surface area contributed by atoms with Crippen LogP contribution in [0, 0.1) is 13.8 Å². The van der Waals surface area contributed by atoms with Crippen LogP contribution in [0.5, 0.6) is 0 Å². The van der Waals surface area contributed by atoms with Crippen molar-refractivity contribution >= 4 is 11.3 Å². The van der Waals surface area contributed by atoms with Crippen LogP contribution in [0.4, 0.5) is 0 Å². The molecule has 0 bridgehead atoms. The summed E-state index contributed by atoms with van der Waals surface area (Å²) in [7, 11) is 0. The molecule has 84 valence electrons. The van der Waals surface area contributed by atoms with Crippen molar-refractivity contribution in [1.29, 1.82) is 0 Å². The van der Waals surface area contributed by atoms with Gasteiger partial charge in [0, 0.05) is 5.56 Å². The Labute approximate surface area is 101 Å². The first-order valence-corrected chi connectivity index (χ1v) is 6.54. The molecule has 1 heterocycles. The molecule has 0 saturated heterocycles. The minimum absolute atomic E-state index is 1.07. The van der Waals surface area contributed by atoms with E-state index in [0.717, 1.165) is 13.1 Å². The molecular formula is C14H18NS+. The summed E-state index contributed by atoms with van der Waals surface area (Å²) in [6, 6.07) is 11.0. The Morgan fingerprint density at radius 3 is 2.38 bits per heavy atom. The maximum Gasteiger partial charge on any atom is 0.111 e. The highest BCUT2D eigenvalue weighted by molar-refractivity contribution is 7.10. The molecular weight excluding hydrogens is 214 g/mol. The van der Waals surface area contributed by atoms with Gasteiger partial charge in [-0.1, -0.05) is 29.8 Å². The van der Waals surface area contributed by atoms with E-state index in [1.165, 1.54) is 21.6 Å². The van der Waals surface area contributed by atoms with Crippen LogP contribution < -0.4 is 5.32 Å². The molecule has 1 aromatic carbocycles. The van der Waals surface area contributed by atoms with Gasteiger partial charge in [0.25, 0.3) is 0 Å². The van der Waals surface area contributed by atoms with Crippen molar-refractivity contribution in [3.8, 4) is 0 Å². The van der Waals surface area contributed by atoms with Crippen LogP contribution in [0.25, 0.3) is 0 Å². The average molecular weight is 232 g/mol. The summed E-state index contributed by atoms with van der Waals surface area (Å²) in [6.45, 7) is 6.48. The van der Waals surface area contributed by atoms with Gasteiger partial charge >= 0.3 is 0 Å². The first-order valence-electron chi connectivity index (χ1n) is 5.66. The fourth-order valence-electron chi connectivity index (χ4n) is 1.71. The van der Waals surface area contributed by atoms with E-state index < -0.39 is 0 Å². The Hall–Kier alpha value is -1.12. The Bertz CT molecular complexity index is 442. The van der Waals surface area contributed by atoms with Crippen LogP contribution in [0.3, 0.4) is 0 Å². The van der Waals surface area contributed by atoms with Gasteiger partial charge in [-0.3, -0.25) is 0 Å². The molecule has 0 spiro atoms. The zero-order valence-electron chi connectivity index (χ0n) is 9.86. The second kappa shape index (κ2) is 5.28. The SMILES string of the molecule is Cc1ccc(C[NH2+]Cc2sccc2C)cc1. The van der Waals surface area contributed by atoms with Crippen molar-refractivity contribution in [3.63, 3.8) is 0 Å². The molecule has 0 amide bonds. The molecule has 0 fully saturated rings. The van der Waals surface area contributed by atoms with E-state index in [1.807, 2.05) is 11.3 Å². The maximum atomic E-state index is 2.36. The number of benzene rings is 1. The zero-order chi connectivity index (χ0) is 11.4. The average Bonchev–Trinajstić information content (AvgIpc) is 2.68. The molecule has 0 aliphatic heterocycles. The Balaban J connectivity index is 1.84. The number of hydrogen-bond donors (Lipinski definition) is 1. The van der Waals surface area contributed by atoms with E-state index >= 15 is 0 Å². The van der Waals surface area contributed by atoms with Gasteiger partial charge in [0.05, 0.1) is 4.88 Å². The smallest absolute Gasteiger partial charge is 0.111 e. The van der Waals surface area contributed by atoms with Gasteiger partial charge in [-0.15, -0.1) is 11.3 Å². The molecule has 1 nitrogen and oxygen atoms in total. The second-order valence-corrected chi connectivity index (χ2v) is 5.21. The van der Waals surface area contributed by atoms with E-state index in [1.54, 1.807) is 0 Å². The fraction of sp³-hybridized carbons (Fsp3) is 0.286. The third kappa shape index (κ3) is 2.94. The van der Waals surface area contributed by atoms with Gasteiger partial charge in [0.15, 0.2) is 0 Å². The fourth-order valence-corrected chi connectivity index (χ4v) is 2.61. The van der Waals surface area contributed by atoms with Crippen molar-refractivity contribution in [2.24, 2.45) is 0 Å². The van der Waals surface area contributed by atoms with Crippen LogP contribution in [-0.4, -0.2) is 0 Å². The number of thiophene rings is 1. The molecule has 0 atom stereocenters. The largest absolute Gasteiger partial charge is 0.338 e. The molecule has 0 saturated carbocycles. The first kappa shape index (κ1) is 11.4. The first-order chi connectivity index (χ1) is 7.75. The molecule has 0 radical (unpaired) electrons. The lowest BCUT2D eigenvalue weighted by molar-refractivity contribution is -0.685. The maximum absolute atomic E-state index is 2.36. The lowest BCUT2D eigenvalue weighted by Gasteiger charge is -2.02. The molecule has 16 heavy (non-hydrogen) atoms. The van der Waals surface area contributed by atoms with Crippen molar-refractivity contribution in [1.82, 2.24) is 0 Å². The Kier molecular flexibility index (Phi) is 3.75. The Morgan fingerprint density at radius 1 is 1.00 bits per heavy atom. The third-order valence-electron chi connectivity index (χ3n) is 2.80. The normalized spacial score (nSPS) is 10.6. The van der Waals surface area contributed by atoms with Crippen molar-refractivity contribution < 1.29 is 5.32 Å². The molecule has 2 aromatic rings. The summed E-state index contributed by atoms with van der Waals surface area (Å²) in [4.78, 5) is 1.49. The minimum atomic E-state index is 1.07. The summed E-state index contributed by atoms with van der Waals surface area (Å²) in [5, 5.41) is 4.54. The van der Waals surface area contributed by atoms with Gasteiger partial charge in [-0.2, -0.15) is 0 Å². The van der Waals surface area contributed by atoms with Crippen LogP contribution in [0.15, 0.2) is 35.7 Å². The van der Waals surface area contributed by atoms with Crippen molar-refractivity contribution in [2.45, 2.75) is 26.9 Å². The summed E-state index contributed by atoms with van der Waals surface area (Å²) < 4.78 is 0. The van der Waals surface area contributed by atoms with E-state index in [4.69, 9.17) is 0 Å². The van der Waals surface area contributed by atoms with E-state index in [9.17, 15) is 0 Å². The van der Waals surface area contributed by atoms with Gasteiger partial charge in [0.1, 0.15) is 13.1 Å². The molecule has 0 aliphatic rings. The number of hydrogen-bond acceptors (Lipinski definition) is 1. The summed E-state index contributed by atoms with van der Waals surface area (Å²) in [6.07, 6.45) is 0. The predicted octanol–water partition coefficient (Wildman–Crippen LogP) is 2.63. The molecule has 0 unspecified atom stereocenters. The monoisotopic (exact) mass is 232 g/mol. The molecule has 1 aromatic heterocycles. The number of rotatable bonds is 4. The highest BCUT2D eigenvalue weighted by atomic mass is 32.1. The quantitative estimate of drug-likeness (QED) is 0.834. The molecule has 0 aliphatic carbocycles. The number of nitrogens with two attached hydrogens (primary N) is 1. The highest BCUT2D eigenvalue weighted by Crippen LogP contribution is 2.13. The second-order valence-electron chi connectivity index (χ2n) is 4.21. The molecule has 2 heteroatoms. The Morgan fingerprint density at radius 2 is 1.75 bits per heavy atom. The number of quaternary nitrogens is 1. The molecule has 2 rings (SSSR count). The van der Waals surface area contributed by atoms with Crippen molar-refractivity contribution in [3.05, 3.63) is 57.3 Å². The van der Waals surface area contributed by atoms with Gasteiger partial charge < -0.3 is 5.32 Å². The summed E-state index contributed by atoms with van der Waals surface area (Å²) >= 11 is 1.86. The predicted molar refractivity (Wildman–Crippen MR) is 69.6 cm³/mol. The van der Waals surface area contributed by atoms with Crippen LogP contribution in [0.1, 0.15) is 21.6 Å². The van der Waals surface area contributed by atoms with Crippen LogP contribution in [-0.2, 0) is 13.1 Å². The third-order valence-corrected chi connectivity index (χ3v) is 3.84. The van der Waals surface area contributed by atoms with Crippen LogP contribution >= 0.6 is 11.3 Å². The standard InChI is InChI=1S/C14H17NS/c1-11-3-5-13(6-4-11)9-15-10-14-12(2)7-8-16-14/h3-8,15H,9-10H2,1-2H3/p+1. The number of aryl methyl sites for hydroxylation is 2. The minimum Gasteiger partial charge on any atom is -0.338 e.